The molecule has 6 heteroatoms. The molecular formula is C22H21N3O3. The van der Waals surface area contributed by atoms with Crippen molar-refractivity contribution in [3.05, 3.63) is 95.8 Å². The SMILES string of the molecule is NC(=O)[C@H](Cc1ccc(OCc2ccccc2)cc1)NC(=O)c1cccnc1. The second-order valence-electron chi connectivity index (χ2n) is 6.29. The van der Waals surface area contributed by atoms with Crippen LogP contribution in [0.2, 0.25) is 0 Å². The number of benzene rings is 2. The van der Waals surface area contributed by atoms with Gasteiger partial charge in [-0.3, -0.25) is 14.6 Å². The minimum atomic E-state index is -0.816. The Hall–Kier alpha value is -3.67. The molecule has 0 aliphatic heterocycles. The van der Waals surface area contributed by atoms with Gasteiger partial charge in [0.25, 0.3) is 5.91 Å². The highest BCUT2D eigenvalue weighted by molar-refractivity contribution is 5.97. The zero-order chi connectivity index (χ0) is 19.8. The number of carbonyl (C=O) groups is 2. The van der Waals surface area contributed by atoms with E-state index < -0.39 is 11.9 Å². The summed E-state index contributed by atoms with van der Waals surface area (Å²) in [5.41, 5.74) is 7.78. The highest BCUT2D eigenvalue weighted by Gasteiger charge is 2.19. The zero-order valence-electron chi connectivity index (χ0n) is 15.2. The van der Waals surface area contributed by atoms with E-state index in [-0.39, 0.29) is 5.91 Å². The summed E-state index contributed by atoms with van der Waals surface area (Å²) in [6.45, 7) is 0.477. The Kier molecular flexibility index (Phi) is 6.36. The number of hydrogen-bond acceptors (Lipinski definition) is 4. The molecule has 1 aromatic heterocycles. The van der Waals surface area contributed by atoms with Crippen molar-refractivity contribution in [3.8, 4) is 5.75 Å². The van der Waals surface area contributed by atoms with Crippen molar-refractivity contribution in [2.45, 2.75) is 19.1 Å². The molecule has 0 radical (unpaired) electrons. The van der Waals surface area contributed by atoms with Gasteiger partial charge < -0.3 is 15.8 Å². The summed E-state index contributed by atoms with van der Waals surface area (Å²) >= 11 is 0. The Bertz CT molecular complexity index is 913. The number of aromatic nitrogens is 1. The third-order valence-corrected chi connectivity index (χ3v) is 4.18. The van der Waals surface area contributed by atoms with Gasteiger partial charge in [0.2, 0.25) is 5.91 Å². The number of amides is 2. The molecule has 0 spiro atoms. The maximum atomic E-state index is 12.2. The summed E-state index contributed by atoms with van der Waals surface area (Å²) in [5, 5.41) is 2.66. The molecule has 0 aliphatic rings. The van der Waals surface area contributed by atoms with Crippen molar-refractivity contribution in [3.63, 3.8) is 0 Å². The van der Waals surface area contributed by atoms with Crippen LogP contribution in [0.15, 0.2) is 79.1 Å². The molecule has 0 fully saturated rings. The van der Waals surface area contributed by atoms with E-state index in [1.807, 2.05) is 54.6 Å². The molecule has 0 saturated carbocycles. The molecule has 3 aromatic rings. The summed E-state index contributed by atoms with van der Waals surface area (Å²) in [7, 11) is 0. The van der Waals surface area contributed by atoms with Gasteiger partial charge in [-0.25, -0.2) is 0 Å². The number of rotatable bonds is 8. The predicted molar refractivity (Wildman–Crippen MR) is 106 cm³/mol. The minimum absolute atomic E-state index is 0.292. The summed E-state index contributed by atoms with van der Waals surface area (Å²) in [6, 6.07) is 19.7. The summed E-state index contributed by atoms with van der Waals surface area (Å²) < 4.78 is 5.75. The van der Waals surface area contributed by atoms with Crippen LogP contribution < -0.4 is 15.8 Å². The van der Waals surface area contributed by atoms with Crippen LogP contribution in [-0.4, -0.2) is 22.8 Å². The van der Waals surface area contributed by atoms with Crippen LogP contribution in [0.4, 0.5) is 0 Å². The van der Waals surface area contributed by atoms with Crippen molar-refractivity contribution in [2.75, 3.05) is 0 Å². The lowest BCUT2D eigenvalue weighted by atomic mass is 10.0. The van der Waals surface area contributed by atoms with Crippen LogP contribution in [0, 0.1) is 0 Å². The van der Waals surface area contributed by atoms with Crippen LogP contribution >= 0.6 is 0 Å². The summed E-state index contributed by atoms with van der Waals surface area (Å²) in [4.78, 5) is 27.9. The standard InChI is InChI=1S/C22H21N3O3/c23-21(26)20(25-22(27)18-7-4-12-24-14-18)13-16-8-10-19(11-9-16)28-15-17-5-2-1-3-6-17/h1-12,14,20H,13,15H2,(H2,23,26)(H,25,27)/t20-/m0/s1. The Morgan fingerprint density at radius 3 is 2.36 bits per heavy atom. The topological polar surface area (TPSA) is 94.3 Å². The third-order valence-electron chi connectivity index (χ3n) is 4.18. The maximum absolute atomic E-state index is 12.2. The smallest absolute Gasteiger partial charge is 0.253 e. The van der Waals surface area contributed by atoms with Crippen LogP contribution in [0.25, 0.3) is 0 Å². The highest BCUT2D eigenvalue weighted by Crippen LogP contribution is 2.15. The van der Waals surface area contributed by atoms with E-state index in [4.69, 9.17) is 10.5 Å². The fraction of sp³-hybridized carbons (Fsp3) is 0.136. The van der Waals surface area contributed by atoms with E-state index in [0.29, 0.717) is 18.6 Å². The maximum Gasteiger partial charge on any atom is 0.253 e. The Labute approximate surface area is 163 Å². The molecule has 6 nitrogen and oxygen atoms in total. The Morgan fingerprint density at radius 1 is 0.964 bits per heavy atom. The van der Waals surface area contributed by atoms with Gasteiger partial charge in [0.05, 0.1) is 5.56 Å². The van der Waals surface area contributed by atoms with Gasteiger partial charge in [0.15, 0.2) is 0 Å². The molecule has 3 N–H and O–H groups in total. The van der Waals surface area contributed by atoms with E-state index in [1.54, 1.807) is 18.3 Å². The molecule has 142 valence electrons. The number of nitrogens with one attached hydrogen (secondary N) is 1. The number of nitrogens with zero attached hydrogens (tertiary/aromatic N) is 1. The third kappa shape index (κ3) is 5.41. The van der Waals surface area contributed by atoms with E-state index in [9.17, 15) is 9.59 Å². The first-order valence-electron chi connectivity index (χ1n) is 8.87. The number of carbonyl (C=O) groups excluding carboxylic acids is 2. The van der Waals surface area contributed by atoms with Crippen LogP contribution in [0.3, 0.4) is 0 Å². The molecule has 3 rings (SSSR count). The van der Waals surface area contributed by atoms with Gasteiger partial charge in [-0.1, -0.05) is 42.5 Å². The van der Waals surface area contributed by atoms with Crippen LogP contribution in [0.5, 0.6) is 5.75 Å². The quantitative estimate of drug-likeness (QED) is 0.632. The Balaban J connectivity index is 1.59. The molecule has 2 aromatic carbocycles. The highest BCUT2D eigenvalue weighted by atomic mass is 16.5. The van der Waals surface area contributed by atoms with Gasteiger partial charge in [-0.2, -0.15) is 0 Å². The molecule has 0 unspecified atom stereocenters. The number of hydrogen-bond donors (Lipinski definition) is 2. The van der Waals surface area contributed by atoms with E-state index in [0.717, 1.165) is 16.9 Å². The first kappa shape index (κ1) is 19.1. The van der Waals surface area contributed by atoms with Crippen LogP contribution in [-0.2, 0) is 17.8 Å². The number of pyridine rings is 1. The van der Waals surface area contributed by atoms with Crippen LogP contribution in [0.1, 0.15) is 21.5 Å². The predicted octanol–water partition coefficient (Wildman–Crippen LogP) is 2.49. The lowest BCUT2D eigenvalue weighted by molar-refractivity contribution is -0.119. The number of primary amides is 1. The van der Waals surface area contributed by atoms with Crippen molar-refractivity contribution in [1.29, 1.82) is 0 Å². The van der Waals surface area contributed by atoms with E-state index >= 15 is 0 Å². The average Bonchev–Trinajstić information content (AvgIpc) is 2.74. The lowest BCUT2D eigenvalue weighted by Crippen LogP contribution is -2.45. The zero-order valence-corrected chi connectivity index (χ0v) is 15.2. The molecule has 2 amide bonds. The Morgan fingerprint density at radius 2 is 1.71 bits per heavy atom. The largest absolute Gasteiger partial charge is 0.489 e. The molecule has 0 aliphatic carbocycles. The number of ether oxygens (including phenoxy) is 1. The van der Waals surface area contributed by atoms with Crippen molar-refractivity contribution >= 4 is 11.8 Å². The molecule has 1 heterocycles. The molecule has 0 bridgehead atoms. The van der Waals surface area contributed by atoms with Gasteiger partial charge in [0, 0.05) is 18.8 Å². The molecular weight excluding hydrogens is 354 g/mol. The first-order chi connectivity index (χ1) is 13.6. The van der Waals surface area contributed by atoms with Gasteiger partial charge in [0.1, 0.15) is 18.4 Å². The monoisotopic (exact) mass is 375 g/mol. The van der Waals surface area contributed by atoms with Crippen molar-refractivity contribution in [1.82, 2.24) is 10.3 Å². The minimum Gasteiger partial charge on any atom is -0.489 e. The average molecular weight is 375 g/mol. The van der Waals surface area contributed by atoms with Gasteiger partial charge in [-0.15, -0.1) is 0 Å². The fourth-order valence-electron chi connectivity index (χ4n) is 2.66. The first-order valence-corrected chi connectivity index (χ1v) is 8.87. The van der Waals surface area contributed by atoms with Crippen molar-refractivity contribution < 1.29 is 14.3 Å². The lowest BCUT2D eigenvalue weighted by Gasteiger charge is -2.16. The normalized spacial score (nSPS) is 11.4. The van der Waals surface area contributed by atoms with E-state index in [2.05, 4.69) is 10.3 Å². The second-order valence-corrected chi connectivity index (χ2v) is 6.29. The number of nitrogens with two attached hydrogens (primary N) is 1. The van der Waals surface area contributed by atoms with Crippen molar-refractivity contribution in [2.24, 2.45) is 5.73 Å². The fourth-order valence-corrected chi connectivity index (χ4v) is 2.66. The molecule has 28 heavy (non-hydrogen) atoms. The molecule has 0 saturated heterocycles. The summed E-state index contributed by atoms with van der Waals surface area (Å²) in [6.07, 6.45) is 3.30. The van der Waals surface area contributed by atoms with E-state index in [1.165, 1.54) is 6.20 Å². The molecule has 1 atom stereocenters. The van der Waals surface area contributed by atoms with Gasteiger partial charge >= 0.3 is 0 Å². The summed E-state index contributed by atoms with van der Waals surface area (Å²) in [5.74, 6) is -0.260. The second kappa shape index (κ2) is 9.32. The van der Waals surface area contributed by atoms with Gasteiger partial charge in [-0.05, 0) is 35.4 Å².